The Balaban J connectivity index is 1.44. The Bertz CT molecular complexity index is 901. The molecule has 1 spiro atoms. The molecule has 1 aliphatic heterocycles. The highest BCUT2D eigenvalue weighted by Gasteiger charge is 2.52. The van der Waals surface area contributed by atoms with Gasteiger partial charge in [-0.3, -0.25) is 19.3 Å². The standard InChI is InChI=1S/C21H24N4O5/c1-14(18(27)23-16-8-3-2-7-15(16)13-22)30-17(26)9-6-12-25-19(28)21(24-20(25)29)10-4-5-11-21/h2-3,7-8,14H,4-6,9-12H2,1H3,(H,23,27)(H,24,29). The van der Waals surface area contributed by atoms with Crippen LogP contribution in [0.1, 0.15) is 51.0 Å². The zero-order valence-corrected chi connectivity index (χ0v) is 16.8. The number of nitriles is 1. The molecule has 0 radical (unpaired) electrons. The van der Waals surface area contributed by atoms with Gasteiger partial charge in [0.25, 0.3) is 11.8 Å². The third-order valence-electron chi connectivity index (χ3n) is 5.45. The number of ether oxygens (including phenoxy) is 1. The molecular formula is C21H24N4O5. The lowest BCUT2D eigenvalue weighted by Gasteiger charge is -2.20. The van der Waals surface area contributed by atoms with Crippen LogP contribution in [0.4, 0.5) is 10.5 Å². The first kappa shape index (κ1) is 21.3. The van der Waals surface area contributed by atoms with Crippen LogP contribution in [0.5, 0.6) is 0 Å². The van der Waals surface area contributed by atoms with E-state index < -0.39 is 29.6 Å². The van der Waals surface area contributed by atoms with Crippen molar-refractivity contribution in [3.63, 3.8) is 0 Å². The van der Waals surface area contributed by atoms with Gasteiger partial charge in [-0.1, -0.05) is 25.0 Å². The largest absolute Gasteiger partial charge is 0.453 e. The molecule has 2 fully saturated rings. The number of urea groups is 1. The third-order valence-corrected chi connectivity index (χ3v) is 5.45. The maximum absolute atomic E-state index is 12.6. The molecule has 1 aromatic carbocycles. The molecule has 2 N–H and O–H groups in total. The summed E-state index contributed by atoms with van der Waals surface area (Å²) in [5.41, 5.74) is -0.116. The molecule has 1 aromatic rings. The number of amides is 4. The molecule has 4 amide bonds. The molecule has 2 aliphatic rings. The van der Waals surface area contributed by atoms with Crippen LogP contribution in [-0.2, 0) is 19.1 Å². The zero-order valence-electron chi connectivity index (χ0n) is 16.8. The topological polar surface area (TPSA) is 129 Å². The first-order valence-electron chi connectivity index (χ1n) is 10.00. The summed E-state index contributed by atoms with van der Waals surface area (Å²) in [5, 5.41) is 14.4. The number of nitrogens with one attached hydrogen (secondary N) is 2. The minimum absolute atomic E-state index is 0.0313. The van der Waals surface area contributed by atoms with Crippen molar-refractivity contribution in [2.75, 3.05) is 11.9 Å². The van der Waals surface area contributed by atoms with Crippen molar-refractivity contribution in [2.24, 2.45) is 0 Å². The Morgan fingerprint density at radius 2 is 2.00 bits per heavy atom. The molecule has 158 valence electrons. The van der Waals surface area contributed by atoms with E-state index in [4.69, 9.17) is 10.00 Å². The van der Waals surface area contributed by atoms with Crippen molar-refractivity contribution in [3.8, 4) is 6.07 Å². The maximum atomic E-state index is 12.6. The summed E-state index contributed by atoms with van der Waals surface area (Å²) in [6, 6.07) is 8.06. The number of benzene rings is 1. The fraction of sp³-hybridized carbons (Fsp3) is 0.476. The third kappa shape index (κ3) is 4.43. The van der Waals surface area contributed by atoms with Gasteiger partial charge in [0, 0.05) is 13.0 Å². The van der Waals surface area contributed by atoms with Gasteiger partial charge in [0.15, 0.2) is 6.10 Å². The van der Waals surface area contributed by atoms with E-state index in [1.165, 1.54) is 6.92 Å². The van der Waals surface area contributed by atoms with Crippen LogP contribution in [0.2, 0.25) is 0 Å². The molecule has 1 saturated carbocycles. The fourth-order valence-corrected chi connectivity index (χ4v) is 3.81. The van der Waals surface area contributed by atoms with Crippen molar-refractivity contribution < 1.29 is 23.9 Å². The Hall–Kier alpha value is -3.41. The molecule has 9 nitrogen and oxygen atoms in total. The number of carbonyl (C=O) groups is 4. The summed E-state index contributed by atoms with van der Waals surface area (Å²) in [7, 11) is 0. The van der Waals surface area contributed by atoms with Gasteiger partial charge in [0.1, 0.15) is 11.6 Å². The summed E-state index contributed by atoms with van der Waals surface area (Å²) in [6.07, 6.45) is 2.28. The van der Waals surface area contributed by atoms with Crippen molar-refractivity contribution in [3.05, 3.63) is 29.8 Å². The van der Waals surface area contributed by atoms with Crippen molar-refractivity contribution in [2.45, 2.75) is 57.1 Å². The number of rotatable bonds is 7. The predicted octanol–water partition coefficient (Wildman–Crippen LogP) is 2.07. The van der Waals surface area contributed by atoms with Gasteiger partial charge in [-0.05, 0) is 38.3 Å². The Kier molecular flexibility index (Phi) is 6.35. The Morgan fingerprint density at radius 3 is 2.70 bits per heavy atom. The quantitative estimate of drug-likeness (QED) is 0.521. The van der Waals surface area contributed by atoms with Gasteiger partial charge in [0.2, 0.25) is 0 Å². The van der Waals surface area contributed by atoms with E-state index in [0.29, 0.717) is 24.1 Å². The Morgan fingerprint density at radius 1 is 1.30 bits per heavy atom. The van der Waals surface area contributed by atoms with Crippen molar-refractivity contribution in [1.82, 2.24) is 10.2 Å². The second kappa shape index (κ2) is 8.95. The van der Waals surface area contributed by atoms with E-state index in [0.717, 1.165) is 17.7 Å². The van der Waals surface area contributed by atoms with Crippen molar-refractivity contribution in [1.29, 1.82) is 5.26 Å². The SMILES string of the molecule is CC(OC(=O)CCCN1C(=O)NC2(CCCC2)C1=O)C(=O)Nc1ccccc1C#N. The van der Waals surface area contributed by atoms with Crippen LogP contribution >= 0.6 is 0 Å². The lowest BCUT2D eigenvalue weighted by molar-refractivity contribution is -0.153. The molecule has 0 bridgehead atoms. The molecule has 3 rings (SSSR count). The summed E-state index contributed by atoms with van der Waals surface area (Å²) in [5.74, 6) is -1.38. The highest BCUT2D eigenvalue weighted by Crippen LogP contribution is 2.35. The van der Waals surface area contributed by atoms with Gasteiger partial charge in [-0.15, -0.1) is 0 Å². The molecular weight excluding hydrogens is 388 g/mol. The highest BCUT2D eigenvalue weighted by atomic mass is 16.5. The van der Waals surface area contributed by atoms with E-state index >= 15 is 0 Å². The van der Waals surface area contributed by atoms with E-state index in [1.807, 2.05) is 6.07 Å². The van der Waals surface area contributed by atoms with Gasteiger partial charge in [0.05, 0.1) is 11.3 Å². The summed E-state index contributed by atoms with van der Waals surface area (Å²) in [4.78, 5) is 50.1. The normalized spacial score (nSPS) is 18.1. The molecule has 1 atom stereocenters. The average molecular weight is 412 g/mol. The minimum Gasteiger partial charge on any atom is -0.453 e. The number of para-hydroxylation sites is 1. The van der Waals surface area contributed by atoms with Gasteiger partial charge < -0.3 is 15.4 Å². The number of nitrogens with zero attached hydrogens (tertiary/aromatic N) is 2. The number of esters is 1. The number of hydrogen-bond donors (Lipinski definition) is 2. The molecule has 1 saturated heterocycles. The lowest BCUT2D eigenvalue weighted by Crippen LogP contribution is -2.44. The summed E-state index contributed by atoms with van der Waals surface area (Å²) in [6.45, 7) is 1.56. The number of imide groups is 1. The van der Waals surface area contributed by atoms with Gasteiger partial charge >= 0.3 is 12.0 Å². The first-order chi connectivity index (χ1) is 14.4. The predicted molar refractivity (Wildman–Crippen MR) is 106 cm³/mol. The Labute approximate surface area is 174 Å². The second-order valence-corrected chi connectivity index (χ2v) is 7.56. The van der Waals surface area contributed by atoms with Crippen molar-refractivity contribution >= 4 is 29.5 Å². The highest BCUT2D eigenvalue weighted by molar-refractivity contribution is 6.07. The van der Waals surface area contributed by atoms with E-state index in [9.17, 15) is 19.2 Å². The molecule has 30 heavy (non-hydrogen) atoms. The number of hydrogen-bond acceptors (Lipinski definition) is 6. The zero-order chi connectivity index (χ0) is 21.7. The smallest absolute Gasteiger partial charge is 0.325 e. The van der Waals surface area contributed by atoms with Crippen LogP contribution in [-0.4, -0.2) is 46.9 Å². The average Bonchev–Trinajstić information content (AvgIpc) is 3.28. The lowest BCUT2D eigenvalue weighted by atomic mass is 9.98. The van der Waals surface area contributed by atoms with Crippen LogP contribution in [0.15, 0.2) is 24.3 Å². The van der Waals surface area contributed by atoms with Crippen LogP contribution in [0.25, 0.3) is 0 Å². The summed E-state index contributed by atoms with van der Waals surface area (Å²) >= 11 is 0. The molecule has 0 aromatic heterocycles. The first-order valence-corrected chi connectivity index (χ1v) is 10.00. The molecule has 1 heterocycles. The van der Waals surface area contributed by atoms with E-state index in [1.54, 1.807) is 24.3 Å². The molecule has 1 aliphatic carbocycles. The monoisotopic (exact) mass is 412 g/mol. The van der Waals surface area contributed by atoms with Crippen LogP contribution in [0.3, 0.4) is 0 Å². The molecule has 9 heteroatoms. The molecule has 1 unspecified atom stereocenters. The van der Waals surface area contributed by atoms with Gasteiger partial charge in [-0.2, -0.15) is 5.26 Å². The summed E-state index contributed by atoms with van der Waals surface area (Å²) < 4.78 is 5.13. The number of anilines is 1. The van der Waals surface area contributed by atoms with Gasteiger partial charge in [-0.25, -0.2) is 4.79 Å². The number of carbonyl (C=O) groups excluding carboxylic acids is 4. The maximum Gasteiger partial charge on any atom is 0.325 e. The fourth-order valence-electron chi connectivity index (χ4n) is 3.81. The minimum atomic E-state index is -1.05. The second-order valence-electron chi connectivity index (χ2n) is 7.56. The van der Waals surface area contributed by atoms with E-state index in [2.05, 4.69) is 10.6 Å². The van der Waals surface area contributed by atoms with Crippen LogP contribution < -0.4 is 10.6 Å². The van der Waals surface area contributed by atoms with E-state index in [-0.39, 0.29) is 25.3 Å². The van der Waals surface area contributed by atoms with Crippen LogP contribution in [0, 0.1) is 11.3 Å².